The Balaban J connectivity index is 0.000000427. The first-order valence-corrected chi connectivity index (χ1v) is 7.85. The molecule has 0 atom stereocenters. The van der Waals surface area contributed by atoms with Gasteiger partial charge < -0.3 is 10.5 Å². The molecule has 0 saturated heterocycles. The van der Waals surface area contributed by atoms with Gasteiger partial charge in [-0.05, 0) is 22.7 Å². The number of amides is 1. The number of nitrogens with zero attached hydrogens (tertiary/aromatic N) is 1. The predicted octanol–water partition coefficient (Wildman–Crippen LogP) is 3.46. The molecule has 2 rings (SSSR count). The Hall–Kier alpha value is -1.24. The Kier molecular flexibility index (Phi) is 9.96. The number of aryl methyl sites for hydroxylation is 1. The van der Waals surface area contributed by atoms with Gasteiger partial charge in [0.2, 0.25) is 10.0 Å². The van der Waals surface area contributed by atoms with Crippen molar-refractivity contribution in [3.05, 3.63) is 71.5 Å². The fourth-order valence-electron chi connectivity index (χ4n) is 1.46. The van der Waals surface area contributed by atoms with E-state index >= 15 is 0 Å². The van der Waals surface area contributed by atoms with Crippen LogP contribution in [0.5, 0.6) is 0 Å². The van der Waals surface area contributed by atoms with Gasteiger partial charge in [0, 0.05) is 32.7 Å². The van der Waals surface area contributed by atoms with Crippen LogP contribution >= 0.6 is 12.2 Å². The largest absolute Gasteiger partial charge is 0.664 e. The maximum atomic E-state index is 11.3. The Labute approximate surface area is 165 Å². The number of carbonyl (C=O) groups is 1. The van der Waals surface area contributed by atoms with Gasteiger partial charge in [-0.15, -0.1) is 9.96 Å². The molecule has 0 bridgehead atoms. The molecule has 0 spiro atoms. The van der Waals surface area contributed by atoms with Crippen LogP contribution in [0.1, 0.15) is 15.9 Å². The molecule has 0 unspecified atom stereocenters. The van der Waals surface area contributed by atoms with Crippen LogP contribution in [-0.2, 0) is 42.7 Å². The zero-order valence-electron chi connectivity index (χ0n) is 12.2. The molecule has 8 heteroatoms. The summed E-state index contributed by atoms with van der Waals surface area (Å²) in [6, 6.07) is 15.8. The molecular formula is C15H12N2O3S2Y-2. The van der Waals surface area contributed by atoms with Crippen LogP contribution in [0.15, 0.2) is 57.8 Å². The zero-order valence-corrected chi connectivity index (χ0v) is 16.7. The third-order valence-electron chi connectivity index (χ3n) is 2.50. The first-order valence-electron chi connectivity index (χ1n) is 6.00. The molecule has 5 nitrogen and oxygen atoms in total. The van der Waals surface area contributed by atoms with Gasteiger partial charge in [0.25, 0.3) is 0 Å². The Morgan fingerprint density at radius 1 is 1.26 bits per heavy atom. The van der Waals surface area contributed by atoms with Crippen molar-refractivity contribution in [2.45, 2.75) is 11.8 Å². The monoisotopic (exact) mass is 421 g/mol. The summed E-state index contributed by atoms with van der Waals surface area (Å²) in [5, 5.41) is 1.84. The number of rotatable bonds is 3. The number of sulfonamides is 1. The number of benzene rings is 2. The summed E-state index contributed by atoms with van der Waals surface area (Å²) in [5.74, 6) is -0.629. The van der Waals surface area contributed by atoms with E-state index < -0.39 is 15.9 Å². The number of carbonyl (C=O) groups excluding carboxylic acids is 1. The Morgan fingerprint density at radius 3 is 2.30 bits per heavy atom. The van der Waals surface area contributed by atoms with Crippen molar-refractivity contribution >= 4 is 33.3 Å². The summed E-state index contributed by atoms with van der Waals surface area (Å²) >= 11 is 4.24. The minimum atomic E-state index is -3.66. The van der Waals surface area contributed by atoms with Crippen molar-refractivity contribution < 1.29 is 45.9 Å². The average Bonchev–Trinajstić information content (AvgIpc) is 2.49. The van der Waals surface area contributed by atoms with Crippen LogP contribution in [0.2, 0.25) is 0 Å². The van der Waals surface area contributed by atoms with Crippen molar-refractivity contribution in [1.82, 2.24) is 0 Å². The summed E-state index contributed by atoms with van der Waals surface area (Å²) in [5.41, 5.74) is 7.74. The van der Waals surface area contributed by atoms with E-state index in [-0.39, 0.29) is 37.6 Å². The summed E-state index contributed by atoms with van der Waals surface area (Å²) in [6.45, 7) is 1.68. The van der Waals surface area contributed by atoms with E-state index in [9.17, 15) is 13.2 Å². The second-order valence-corrected chi connectivity index (χ2v) is 5.80. The summed E-state index contributed by atoms with van der Waals surface area (Å²) < 4.78 is 25.8. The van der Waals surface area contributed by atoms with Crippen LogP contribution in [0.4, 0.5) is 0 Å². The van der Waals surface area contributed by atoms with E-state index in [1.807, 2.05) is 11.2 Å². The van der Waals surface area contributed by atoms with Crippen LogP contribution < -0.4 is 0 Å². The van der Waals surface area contributed by atoms with Crippen LogP contribution in [-0.4, -0.2) is 19.5 Å². The van der Waals surface area contributed by atoms with Crippen LogP contribution in [0.25, 0.3) is 5.73 Å². The molecule has 1 N–H and O–H groups in total. The van der Waals surface area contributed by atoms with E-state index in [1.165, 1.54) is 6.07 Å². The van der Waals surface area contributed by atoms with Gasteiger partial charge in [-0.25, -0.2) is 8.42 Å². The van der Waals surface area contributed by atoms with Gasteiger partial charge in [-0.2, -0.15) is 24.3 Å². The zero-order chi connectivity index (χ0) is 16.6. The van der Waals surface area contributed by atoms with E-state index in [1.54, 1.807) is 43.3 Å². The molecular weight excluding hydrogens is 409 g/mol. The fourth-order valence-corrected chi connectivity index (χ4v) is 2.64. The molecule has 2 aromatic rings. The minimum absolute atomic E-state index is 0. The Bertz CT molecular complexity index is 802. The molecule has 0 aliphatic rings. The van der Waals surface area contributed by atoms with E-state index in [0.29, 0.717) is 11.1 Å². The molecule has 0 aromatic heterocycles. The number of nitrogens with one attached hydrogen (secondary N) is 1. The maximum absolute atomic E-state index is 11.3. The summed E-state index contributed by atoms with van der Waals surface area (Å²) in [7, 11) is -3.66. The van der Waals surface area contributed by atoms with Crippen molar-refractivity contribution in [3.8, 4) is 0 Å². The molecule has 1 radical (unpaired) electrons. The molecule has 0 heterocycles. The quantitative estimate of drug-likeness (QED) is 0.432. The van der Waals surface area contributed by atoms with Gasteiger partial charge in [0.1, 0.15) is 0 Å². The molecule has 0 fully saturated rings. The van der Waals surface area contributed by atoms with Crippen molar-refractivity contribution in [1.29, 1.82) is 0 Å². The van der Waals surface area contributed by atoms with E-state index in [2.05, 4.69) is 22.7 Å². The van der Waals surface area contributed by atoms with Gasteiger partial charge in [0.05, 0.1) is 11.1 Å². The number of hydrogen-bond donors (Lipinski definition) is 0. The fraction of sp³-hybridized carbons (Fsp3) is 0.0667. The molecule has 23 heavy (non-hydrogen) atoms. The van der Waals surface area contributed by atoms with Crippen LogP contribution in [0, 0.1) is 13.0 Å². The van der Waals surface area contributed by atoms with E-state index in [0.717, 1.165) is 0 Å². The molecule has 0 aliphatic heterocycles. The van der Waals surface area contributed by atoms with Crippen LogP contribution in [0.3, 0.4) is 0 Å². The Morgan fingerprint density at radius 2 is 1.87 bits per heavy atom. The SMILES string of the molecule is Cc1cc[c-]cc1S(=O)(=O)N=C=S.[NH-]C(=O)c1ccccc1.[Y]. The molecule has 117 valence electrons. The second-order valence-electron chi connectivity index (χ2n) is 4.04. The van der Waals surface area contributed by atoms with Gasteiger partial charge in [-0.3, -0.25) is 0 Å². The topological polar surface area (TPSA) is 87.4 Å². The standard InChI is InChI=1S/C8H6NO2S2.C7H7NO.Y/c1-7-4-2-3-5-8(7)13(10,11)9-6-12;8-7(9)6-4-2-1-3-5-6;/h2,4-5H,1H3;1-5H,(H2,8,9);/q-1;;/p-1. The van der Waals surface area contributed by atoms with Crippen molar-refractivity contribution in [2.75, 3.05) is 0 Å². The van der Waals surface area contributed by atoms with Crippen molar-refractivity contribution in [3.63, 3.8) is 0 Å². The second kappa shape index (κ2) is 10.5. The minimum Gasteiger partial charge on any atom is -0.664 e. The van der Waals surface area contributed by atoms with Gasteiger partial charge >= 0.3 is 0 Å². The summed E-state index contributed by atoms with van der Waals surface area (Å²) in [6.07, 6.45) is 0. The smallest absolute Gasteiger partial charge is 0.244 e. The first-order chi connectivity index (χ1) is 10.4. The molecule has 2 aromatic carbocycles. The normalized spacial score (nSPS) is 9.43. The van der Waals surface area contributed by atoms with Gasteiger partial charge in [0.15, 0.2) is 0 Å². The molecule has 1 amide bonds. The average molecular weight is 421 g/mol. The van der Waals surface area contributed by atoms with Crippen molar-refractivity contribution in [2.24, 2.45) is 4.40 Å². The predicted molar refractivity (Wildman–Crippen MR) is 87.3 cm³/mol. The molecule has 0 aliphatic carbocycles. The van der Waals surface area contributed by atoms with E-state index in [4.69, 9.17) is 5.73 Å². The number of isothiocyanates is 1. The number of thiocarbonyl (C=S) groups is 1. The number of hydrogen-bond acceptors (Lipinski definition) is 4. The first kappa shape index (κ1) is 21.8. The maximum Gasteiger partial charge on any atom is 0.244 e. The third kappa shape index (κ3) is 7.25. The van der Waals surface area contributed by atoms with Gasteiger partial charge in [-0.1, -0.05) is 37.3 Å². The molecule has 0 saturated carbocycles. The third-order valence-corrected chi connectivity index (χ3v) is 4.04. The summed E-state index contributed by atoms with van der Waals surface area (Å²) in [4.78, 5) is 10.4.